The van der Waals surface area contributed by atoms with E-state index in [1.807, 2.05) is 13.0 Å². The van der Waals surface area contributed by atoms with Crippen molar-refractivity contribution in [1.82, 2.24) is 9.55 Å². The van der Waals surface area contributed by atoms with E-state index in [-0.39, 0.29) is 30.2 Å². The molecule has 0 bridgehead atoms. The van der Waals surface area contributed by atoms with Crippen LogP contribution in [0.4, 0.5) is 5.69 Å². The molecule has 1 aromatic heterocycles. The van der Waals surface area contributed by atoms with Gasteiger partial charge in [-0.15, -0.1) is 6.58 Å². The SMILES string of the molecule is C=CCn1c(SCC(=O)N(CCC#N)c2ccc(OCC)cc2)nc2ccccc2c1=O. The summed E-state index contributed by atoms with van der Waals surface area (Å²) in [6.45, 7) is 6.75. The quantitative estimate of drug-likeness (QED) is 0.264. The molecule has 0 unspecified atom stereocenters. The zero-order valence-electron chi connectivity index (χ0n) is 17.9. The average Bonchev–Trinajstić information content (AvgIpc) is 2.81. The second-order valence-corrected chi connectivity index (χ2v) is 7.73. The van der Waals surface area contributed by atoms with E-state index < -0.39 is 0 Å². The summed E-state index contributed by atoms with van der Waals surface area (Å²) in [5, 5.41) is 10.00. The summed E-state index contributed by atoms with van der Waals surface area (Å²) >= 11 is 1.20. The van der Waals surface area contributed by atoms with Gasteiger partial charge in [0.15, 0.2) is 5.16 Å². The Balaban J connectivity index is 1.84. The van der Waals surface area contributed by atoms with Crippen molar-refractivity contribution >= 4 is 34.3 Å². The van der Waals surface area contributed by atoms with Gasteiger partial charge in [-0.3, -0.25) is 14.2 Å². The van der Waals surface area contributed by atoms with Gasteiger partial charge < -0.3 is 9.64 Å². The van der Waals surface area contributed by atoms with Crippen molar-refractivity contribution in [3.05, 3.63) is 71.5 Å². The van der Waals surface area contributed by atoms with Crippen molar-refractivity contribution in [3.8, 4) is 11.8 Å². The van der Waals surface area contributed by atoms with Crippen LogP contribution in [0, 0.1) is 11.3 Å². The van der Waals surface area contributed by atoms with Gasteiger partial charge in [0.05, 0.1) is 35.8 Å². The van der Waals surface area contributed by atoms with Crippen molar-refractivity contribution in [1.29, 1.82) is 5.26 Å². The van der Waals surface area contributed by atoms with E-state index in [4.69, 9.17) is 10.00 Å². The van der Waals surface area contributed by atoms with Crippen LogP contribution in [0.2, 0.25) is 0 Å². The van der Waals surface area contributed by atoms with Gasteiger partial charge in [0, 0.05) is 18.8 Å². The highest BCUT2D eigenvalue weighted by Crippen LogP contribution is 2.23. The second-order valence-electron chi connectivity index (χ2n) is 6.79. The van der Waals surface area contributed by atoms with E-state index in [1.165, 1.54) is 16.3 Å². The van der Waals surface area contributed by atoms with Gasteiger partial charge in [-0.05, 0) is 43.3 Å². The number of carbonyl (C=O) groups excluding carboxylic acids is 1. The maximum absolute atomic E-state index is 13.1. The Morgan fingerprint density at radius 3 is 2.72 bits per heavy atom. The molecule has 3 aromatic rings. The van der Waals surface area contributed by atoms with Crippen LogP contribution in [-0.2, 0) is 11.3 Å². The number of fused-ring (bicyclic) bond motifs is 1. The molecule has 0 N–H and O–H groups in total. The van der Waals surface area contributed by atoms with Crippen LogP contribution in [-0.4, -0.2) is 34.4 Å². The Bertz CT molecular complexity index is 1200. The predicted octanol–water partition coefficient (Wildman–Crippen LogP) is 4.02. The fraction of sp³-hybridized carbons (Fsp3) is 0.250. The number of amides is 1. The summed E-state index contributed by atoms with van der Waals surface area (Å²) in [6, 6.07) is 16.4. The molecule has 0 fully saturated rings. The lowest BCUT2D eigenvalue weighted by Gasteiger charge is -2.22. The summed E-state index contributed by atoms with van der Waals surface area (Å²) in [7, 11) is 0. The van der Waals surface area contributed by atoms with Crippen LogP contribution in [0.25, 0.3) is 10.9 Å². The summed E-state index contributed by atoms with van der Waals surface area (Å²) in [5.74, 6) is 0.606. The zero-order chi connectivity index (χ0) is 22.9. The Morgan fingerprint density at radius 1 is 1.28 bits per heavy atom. The molecule has 1 amide bonds. The van der Waals surface area contributed by atoms with Crippen molar-refractivity contribution < 1.29 is 9.53 Å². The Labute approximate surface area is 190 Å². The van der Waals surface area contributed by atoms with Gasteiger partial charge in [0.1, 0.15) is 5.75 Å². The first-order valence-corrected chi connectivity index (χ1v) is 11.2. The first-order valence-electron chi connectivity index (χ1n) is 10.2. The molecule has 8 heteroatoms. The minimum atomic E-state index is -0.179. The van der Waals surface area contributed by atoms with Crippen molar-refractivity contribution in [2.24, 2.45) is 0 Å². The van der Waals surface area contributed by atoms with E-state index in [0.29, 0.717) is 40.6 Å². The smallest absolute Gasteiger partial charge is 0.262 e. The third-order valence-electron chi connectivity index (χ3n) is 4.67. The Kier molecular flexibility index (Phi) is 8.06. The normalized spacial score (nSPS) is 10.5. The number of para-hydroxylation sites is 1. The number of allylic oxidation sites excluding steroid dienone is 1. The van der Waals surface area contributed by atoms with Gasteiger partial charge in [-0.25, -0.2) is 4.98 Å². The molecule has 0 atom stereocenters. The van der Waals surface area contributed by atoms with E-state index in [2.05, 4.69) is 17.6 Å². The van der Waals surface area contributed by atoms with E-state index >= 15 is 0 Å². The van der Waals surface area contributed by atoms with E-state index in [0.717, 1.165) is 0 Å². The number of ether oxygens (including phenoxy) is 1. The van der Waals surface area contributed by atoms with Crippen LogP contribution in [0.1, 0.15) is 13.3 Å². The molecule has 0 saturated heterocycles. The summed E-state index contributed by atoms with van der Waals surface area (Å²) in [4.78, 5) is 32.1. The minimum absolute atomic E-state index is 0.0700. The van der Waals surface area contributed by atoms with Crippen LogP contribution in [0.15, 0.2) is 71.1 Å². The maximum Gasteiger partial charge on any atom is 0.262 e. The fourth-order valence-corrected chi connectivity index (χ4v) is 4.09. The van der Waals surface area contributed by atoms with Crippen LogP contribution in [0.3, 0.4) is 0 Å². The maximum atomic E-state index is 13.1. The topological polar surface area (TPSA) is 88.2 Å². The van der Waals surface area contributed by atoms with E-state index in [9.17, 15) is 9.59 Å². The van der Waals surface area contributed by atoms with Crippen LogP contribution in [0.5, 0.6) is 5.75 Å². The first-order chi connectivity index (χ1) is 15.6. The third kappa shape index (κ3) is 5.37. The number of rotatable bonds is 10. The summed E-state index contributed by atoms with van der Waals surface area (Å²) in [6.07, 6.45) is 1.84. The highest BCUT2D eigenvalue weighted by atomic mass is 32.2. The molecule has 1 heterocycles. The highest BCUT2D eigenvalue weighted by molar-refractivity contribution is 7.99. The molecule has 2 aromatic carbocycles. The number of benzene rings is 2. The Hall–Kier alpha value is -3.57. The number of anilines is 1. The number of hydrogen-bond donors (Lipinski definition) is 0. The van der Waals surface area contributed by atoms with Gasteiger partial charge >= 0.3 is 0 Å². The molecule has 0 spiro atoms. The fourth-order valence-electron chi connectivity index (χ4n) is 3.20. The van der Waals surface area contributed by atoms with Gasteiger partial charge in [-0.2, -0.15) is 5.26 Å². The molecule has 3 rings (SSSR count). The van der Waals surface area contributed by atoms with Crippen molar-refractivity contribution in [3.63, 3.8) is 0 Å². The highest BCUT2D eigenvalue weighted by Gasteiger charge is 2.18. The molecule has 0 aliphatic carbocycles. The summed E-state index contributed by atoms with van der Waals surface area (Å²) < 4.78 is 6.98. The largest absolute Gasteiger partial charge is 0.494 e. The first kappa shape index (κ1) is 23.1. The second kappa shape index (κ2) is 11.2. The van der Waals surface area contributed by atoms with Gasteiger partial charge in [-0.1, -0.05) is 30.0 Å². The average molecular weight is 449 g/mol. The molecule has 0 aliphatic rings. The Morgan fingerprint density at radius 2 is 2.03 bits per heavy atom. The third-order valence-corrected chi connectivity index (χ3v) is 5.63. The molecular formula is C24H24N4O3S. The monoisotopic (exact) mass is 448 g/mol. The molecule has 0 radical (unpaired) electrons. The zero-order valence-corrected chi connectivity index (χ0v) is 18.7. The molecule has 164 valence electrons. The number of thioether (sulfide) groups is 1. The van der Waals surface area contributed by atoms with Crippen LogP contribution >= 0.6 is 11.8 Å². The van der Waals surface area contributed by atoms with Gasteiger partial charge in [0.2, 0.25) is 5.91 Å². The minimum Gasteiger partial charge on any atom is -0.494 e. The van der Waals surface area contributed by atoms with Gasteiger partial charge in [0.25, 0.3) is 5.56 Å². The number of hydrogen-bond acceptors (Lipinski definition) is 6. The molecule has 7 nitrogen and oxygen atoms in total. The molecule has 0 saturated carbocycles. The lowest BCUT2D eigenvalue weighted by atomic mass is 10.2. The number of nitriles is 1. The van der Waals surface area contributed by atoms with Crippen molar-refractivity contribution in [2.75, 3.05) is 23.8 Å². The number of carbonyl (C=O) groups is 1. The summed E-state index contributed by atoms with van der Waals surface area (Å²) in [5.41, 5.74) is 1.10. The standard InChI is InChI=1S/C24H24N4O3S/c1-3-15-28-23(30)20-8-5-6-9-21(20)26-24(28)32-17-22(29)27(16-7-14-25)18-10-12-19(13-11-18)31-4-2/h3,5-6,8-13H,1,4,7,15-17H2,2H3. The lowest BCUT2D eigenvalue weighted by molar-refractivity contribution is -0.116. The number of nitrogens with zero attached hydrogens (tertiary/aromatic N) is 4. The number of aromatic nitrogens is 2. The van der Waals surface area contributed by atoms with Crippen molar-refractivity contribution in [2.45, 2.75) is 25.0 Å². The predicted molar refractivity (Wildman–Crippen MR) is 127 cm³/mol. The lowest BCUT2D eigenvalue weighted by Crippen LogP contribution is -2.33. The van der Waals surface area contributed by atoms with E-state index in [1.54, 1.807) is 53.4 Å². The molecular weight excluding hydrogens is 424 g/mol. The molecule has 32 heavy (non-hydrogen) atoms. The van der Waals surface area contributed by atoms with Crippen LogP contribution < -0.4 is 15.2 Å². The molecule has 0 aliphatic heterocycles.